The summed E-state index contributed by atoms with van der Waals surface area (Å²) in [6.07, 6.45) is 4.48. The normalized spacial score (nSPS) is 18.3. The number of aromatic nitrogens is 2. The number of halogens is 1. The number of likely N-dealkylation sites (tertiary alicyclic amines) is 1. The number of carboxylic acids is 1. The predicted molar refractivity (Wildman–Crippen MR) is 81.6 cm³/mol. The van der Waals surface area contributed by atoms with Crippen LogP contribution in [0.5, 0.6) is 0 Å². The van der Waals surface area contributed by atoms with Crippen LogP contribution < -0.4 is 0 Å². The van der Waals surface area contributed by atoms with E-state index in [0.717, 1.165) is 19.3 Å². The molecule has 1 atom stereocenters. The van der Waals surface area contributed by atoms with E-state index in [1.54, 1.807) is 4.90 Å². The lowest BCUT2D eigenvalue weighted by Crippen LogP contribution is -2.44. The molecule has 6 nitrogen and oxygen atoms in total. The minimum absolute atomic E-state index is 0.0232. The Kier molecular flexibility index (Phi) is 4.27. The maximum absolute atomic E-state index is 13.8. The number of aromatic amines is 1. The predicted octanol–water partition coefficient (Wildman–Crippen LogP) is 2.56. The molecule has 0 aliphatic carbocycles. The van der Waals surface area contributed by atoms with Gasteiger partial charge in [0.1, 0.15) is 11.3 Å². The van der Waals surface area contributed by atoms with E-state index in [1.165, 1.54) is 18.5 Å². The van der Waals surface area contributed by atoms with Crippen molar-refractivity contribution in [1.29, 1.82) is 0 Å². The van der Waals surface area contributed by atoms with Crippen molar-refractivity contribution in [1.82, 2.24) is 14.9 Å². The van der Waals surface area contributed by atoms with Gasteiger partial charge in [-0.2, -0.15) is 0 Å². The van der Waals surface area contributed by atoms with Gasteiger partial charge in [0.2, 0.25) is 0 Å². The summed E-state index contributed by atoms with van der Waals surface area (Å²) < 4.78 is 13.8. The van der Waals surface area contributed by atoms with E-state index in [-0.39, 0.29) is 23.9 Å². The van der Waals surface area contributed by atoms with E-state index in [2.05, 4.69) is 9.97 Å². The topological polar surface area (TPSA) is 86.3 Å². The second-order valence-electron chi connectivity index (χ2n) is 5.83. The molecule has 1 saturated heterocycles. The molecule has 0 radical (unpaired) electrons. The van der Waals surface area contributed by atoms with Crippen molar-refractivity contribution in [2.75, 3.05) is 6.54 Å². The van der Waals surface area contributed by atoms with Gasteiger partial charge in [0, 0.05) is 19.0 Å². The number of nitrogens with zero attached hydrogens (tertiary/aromatic N) is 2. The summed E-state index contributed by atoms with van der Waals surface area (Å²) in [6.45, 7) is 0.561. The third-order valence-electron chi connectivity index (χ3n) is 4.30. The maximum atomic E-state index is 13.8. The maximum Gasteiger partial charge on any atom is 0.303 e. The molecule has 0 saturated carbocycles. The van der Waals surface area contributed by atoms with E-state index in [9.17, 15) is 14.0 Å². The largest absolute Gasteiger partial charge is 0.481 e. The highest BCUT2D eigenvalue weighted by molar-refractivity contribution is 6.05. The van der Waals surface area contributed by atoms with Crippen molar-refractivity contribution >= 4 is 22.9 Å². The number of fused-ring (bicyclic) bond motifs is 1. The molecule has 1 aliphatic rings. The molecule has 2 N–H and O–H groups in total. The molecule has 1 aromatic heterocycles. The molecule has 3 rings (SSSR count). The number of amides is 1. The van der Waals surface area contributed by atoms with Gasteiger partial charge in [0.25, 0.3) is 5.91 Å². The van der Waals surface area contributed by atoms with Gasteiger partial charge in [-0.15, -0.1) is 0 Å². The number of benzene rings is 1. The lowest BCUT2D eigenvalue weighted by Gasteiger charge is -2.35. The standard InChI is InChI=1S/C16H18FN3O3/c17-10-7-12(15-13(8-10)18-9-19-15)16(23)20-6-2-1-3-11(20)4-5-14(21)22/h7-9,11H,1-6H2,(H,18,19)(H,21,22). The van der Waals surface area contributed by atoms with Crippen LogP contribution in [0.4, 0.5) is 4.39 Å². The van der Waals surface area contributed by atoms with Crippen LogP contribution in [0, 0.1) is 5.82 Å². The second kappa shape index (κ2) is 6.36. The minimum Gasteiger partial charge on any atom is -0.481 e. The number of hydrogen-bond donors (Lipinski definition) is 2. The Bertz CT molecular complexity index is 743. The minimum atomic E-state index is -0.872. The average molecular weight is 319 g/mol. The van der Waals surface area contributed by atoms with Crippen LogP contribution in [-0.4, -0.2) is 44.4 Å². The monoisotopic (exact) mass is 319 g/mol. The zero-order chi connectivity index (χ0) is 16.4. The SMILES string of the molecule is O=C(O)CCC1CCCCN1C(=O)c1cc(F)cc2[nH]cnc12. The van der Waals surface area contributed by atoms with Crippen molar-refractivity contribution in [3.05, 3.63) is 29.8 Å². The summed E-state index contributed by atoms with van der Waals surface area (Å²) in [7, 11) is 0. The Morgan fingerprint density at radius 1 is 1.39 bits per heavy atom. The smallest absolute Gasteiger partial charge is 0.303 e. The first-order chi connectivity index (χ1) is 11.1. The first-order valence-electron chi connectivity index (χ1n) is 7.71. The Hall–Kier alpha value is -2.44. The highest BCUT2D eigenvalue weighted by Crippen LogP contribution is 2.26. The van der Waals surface area contributed by atoms with Gasteiger partial charge in [-0.3, -0.25) is 9.59 Å². The van der Waals surface area contributed by atoms with Crippen LogP contribution in [0.3, 0.4) is 0 Å². The fourth-order valence-electron chi connectivity index (χ4n) is 3.19. The summed E-state index contributed by atoms with van der Waals surface area (Å²) in [4.78, 5) is 32.3. The van der Waals surface area contributed by atoms with Crippen molar-refractivity contribution < 1.29 is 19.1 Å². The Morgan fingerprint density at radius 2 is 2.22 bits per heavy atom. The number of nitrogens with one attached hydrogen (secondary N) is 1. The lowest BCUT2D eigenvalue weighted by atomic mass is 9.96. The molecule has 0 spiro atoms. The van der Waals surface area contributed by atoms with E-state index in [4.69, 9.17) is 5.11 Å². The number of rotatable bonds is 4. The average Bonchev–Trinajstić information content (AvgIpc) is 2.99. The van der Waals surface area contributed by atoms with Crippen LogP contribution >= 0.6 is 0 Å². The van der Waals surface area contributed by atoms with Crippen LogP contribution in [-0.2, 0) is 4.79 Å². The zero-order valence-corrected chi connectivity index (χ0v) is 12.6. The number of aliphatic carboxylic acids is 1. The molecule has 7 heteroatoms. The first-order valence-corrected chi connectivity index (χ1v) is 7.71. The second-order valence-corrected chi connectivity index (χ2v) is 5.83. The van der Waals surface area contributed by atoms with Gasteiger partial charge < -0.3 is 15.0 Å². The summed E-state index contributed by atoms with van der Waals surface area (Å²) in [5.74, 6) is -1.65. The van der Waals surface area contributed by atoms with E-state index in [0.29, 0.717) is 24.0 Å². The van der Waals surface area contributed by atoms with Gasteiger partial charge in [-0.1, -0.05) is 0 Å². The molecule has 1 aromatic carbocycles. The Morgan fingerprint density at radius 3 is 3.00 bits per heavy atom. The molecule has 122 valence electrons. The summed E-state index contributed by atoms with van der Waals surface area (Å²) in [6, 6.07) is 2.38. The fourth-order valence-corrected chi connectivity index (χ4v) is 3.19. The summed E-state index contributed by atoms with van der Waals surface area (Å²) in [5.41, 5.74) is 1.15. The highest BCUT2D eigenvalue weighted by Gasteiger charge is 2.29. The number of hydrogen-bond acceptors (Lipinski definition) is 3. The third kappa shape index (κ3) is 3.18. The summed E-state index contributed by atoms with van der Waals surface area (Å²) in [5, 5.41) is 8.87. The van der Waals surface area contributed by atoms with Crippen molar-refractivity contribution in [3.8, 4) is 0 Å². The van der Waals surface area contributed by atoms with Crippen LogP contribution in [0.1, 0.15) is 42.5 Å². The van der Waals surface area contributed by atoms with Gasteiger partial charge in [0.15, 0.2) is 0 Å². The van der Waals surface area contributed by atoms with Gasteiger partial charge in [-0.05, 0) is 37.8 Å². The Labute approximate surface area is 132 Å². The van der Waals surface area contributed by atoms with Crippen molar-refractivity contribution in [2.24, 2.45) is 0 Å². The number of carboxylic acid groups (broad SMARTS) is 1. The zero-order valence-electron chi connectivity index (χ0n) is 12.6. The third-order valence-corrected chi connectivity index (χ3v) is 4.30. The number of carbonyl (C=O) groups is 2. The van der Waals surface area contributed by atoms with Gasteiger partial charge in [0.05, 0.1) is 17.4 Å². The number of imidazole rings is 1. The van der Waals surface area contributed by atoms with Crippen molar-refractivity contribution in [2.45, 2.75) is 38.1 Å². The molecule has 1 fully saturated rings. The van der Waals surface area contributed by atoms with E-state index in [1.807, 2.05) is 0 Å². The van der Waals surface area contributed by atoms with Crippen LogP contribution in [0.15, 0.2) is 18.5 Å². The summed E-state index contributed by atoms with van der Waals surface area (Å²) >= 11 is 0. The first kappa shape index (κ1) is 15.5. The lowest BCUT2D eigenvalue weighted by molar-refractivity contribution is -0.137. The Balaban J connectivity index is 1.89. The quantitative estimate of drug-likeness (QED) is 0.907. The molecular formula is C16H18FN3O3. The fraction of sp³-hybridized carbons (Fsp3) is 0.438. The molecular weight excluding hydrogens is 301 g/mol. The van der Waals surface area contributed by atoms with Gasteiger partial charge in [-0.25, -0.2) is 9.37 Å². The van der Waals surface area contributed by atoms with E-state index < -0.39 is 11.8 Å². The van der Waals surface area contributed by atoms with Gasteiger partial charge >= 0.3 is 5.97 Å². The van der Waals surface area contributed by atoms with Crippen LogP contribution in [0.2, 0.25) is 0 Å². The molecule has 0 bridgehead atoms. The molecule has 2 heterocycles. The molecule has 1 aliphatic heterocycles. The molecule has 23 heavy (non-hydrogen) atoms. The number of carbonyl (C=O) groups excluding carboxylic acids is 1. The molecule has 1 unspecified atom stereocenters. The molecule has 1 amide bonds. The molecule has 2 aromatic rings. The number of piperidine rings is 1. The van der Waals surface area contributed by atoms with Crippen LogP contribution in [0.25, 0.3) is 11.0 Å². The number of H-pyrrole nitrogens is 1. The highest BCUT2D eigenvalue weighted by atomic mass is 19.1. The van der Waals surface area contributed by atoms with Crippen molar-refractivity contribution in [3.63, 3.8) is 0 Å². The van der Waals surface area contributed by atoms with E-state index >= 15 is 0 Å².